The second kappa shape index (κ2) is 7.50. The largest absolute Gasteiger partial charge is 0.333 e. The molecular formula is C20H23BrN6O. The van der Waals surface area contributed by atoms with Crippen LogP contribution in [0.3, 0.4) is 0 Å². The van der Waals surface area contributed by atoms with Crippen LogP contribution < -0.4 is 0 Å². The van der Waals surface area contributed by atoms with E-state index in [9.17, 15) is 4.79 Å². The quantitative estimate of drug-likeness (QED) is 0.621. The van der Waals surface area contributed by atoms with Crippen LogP contribution in [0, 0.1) is 6.92 Å². The Labute approximate surface area is 172 Å². The van der Waals surface area contributed by atoms with Crippen molar-refractivity contribution in [2.75, 3.05) is 7.05 Å². The zero-order chi connectivity index (χ0) is 19.8. The molecule has 1 aliphatic rings. The Morgan fingerprint density at radius 1 is 1.18 bits per heavy atom. The fraction of sp³-hybridized carbons (Fsp3) is 0.400. The van der Waals surface area contributed by atoms with Gasteiger partial charge in [-0.3, -0.25) is 4.79 Å². The Bertz CT molecular complexity index is 1020. The van der Waals surface area contributed by atoms with E-state index in [0.717, 1.165) is 58.7 Å². The van der Waals surface area contributed by atoms with Crippen LogP contribution in [0.1, 0.15) is 46.2 Å². The normalized spacial score (nSPS) is 13.4. The second-order valence-electron chi connectivity index (χ2n) is 7.25. The molecule has 1 amide bonds. The lowest BCUT2D eigenvalue weighted by molar-refractivity contribution is 0.0773. The van der Waals surface area contributed by atoms with Crippen LogP contribution in [-0.4, -0.2) is 42.4 Å². The number of nitrogens with zero attached hydrogens (tertiary/aromatic N) is 6. The van der Waals surface area contributed by atoms with Gasteiger partial charge in [-0.05, 0) is 56.9 Å². The Kier molecular flexibility index (Phi) is 5.05. The summed E-state index contributed by atoms with van der Waals surface area (Å²) in [6, 6.07) is 8.03. The molecule has 0 saturated carbocycles. The Balaban J connectivity index is 1.68. The number of hydrogen-bond acceptors (Lipinski definition) is 4. The number of carbonyl (C=O) groups is 1. The standard InChI is InChI=1S/C20H23BrN6O/c1-13-22-23-18(26(13)3)12-25(2)20(28)19-16-6-4-5-7-17(16)27(24-19)15-10-8-14(21)9-11-15/h8-11H,4-7,12H2,1-3H3. The van der Waals surface area contributed by atoms with Crippen molar-refractivity contribution in [3.8, 4) is 5.69 Å². The molecule has 0 N–H and O–H groups in total. The lowest BCUT2D eigenvalue weighted by atomic mass is 9.95. The highest BCUT2D eigenvalue weighted by atomic mass is 79.9. The van der Waals surface area contributed by atoms with Gasteiger partial charge in [0.15, 0.2) is 11.5 Å². The highest BCUT2D eigenvalue weighted by molar-refractivity contribution is 9.10. The molecule has 0 radical (unpaired) electrons. The summed E-state index contributed by atoms with van der Waals surface area (Å²) in [4.78, 5) is 14.9. The number of rotatable bonds is 4. The topological polar surface area (TPSA) is 68.8 Å². The molecular weight excluding hydrogens is 420 g/mol. The summed E-state index contributed by atoms with van der Waals surface area (Å²) in [5.74, 6) is 1.51. The molecule has 0 atom stereocenters. The number of halogens is 1. The molecule has 0 fully saturated rings. The molecule has 0 bridgehead atoms. The highest BCUT2D eigenvalue weighted by Crippen LogP contribution is 2.28. The lowest BCUT2D eigenvalue weighted by Crippen LogP contribution is -2.29. The van der Waals surface area contributed by atoms with E-state index in [2.05, 4.69) is 26.1 Å². The summed E-state index contributed by atoms with van der Waals surface area (Å²) in [7, 11) is 3.70. The predicted octanol–water partition coefficient (Wildman–Crippen LogP) is 3.22. The molecule has 8 heteroatoms. The van der Waals surface area contributed by atoms with Crippen molar-refractivity contribution >= 4 is 21.8 Å². The van der Waals surface area contributed by atoms with E-state index >= 15 is 0 Å². The van der Waals surface area contributed by atoms with Gasteiger partial charge in [0.1, 0.15) is 5.82 Å². The first-order valence-corrected chi connectivity index (χ1v) is 10.2. The number of aryl methyl sites for hydroxylation is 1. The van der Waals surface area contributed by atoms with Crippen LogP contribution >= 0.6 is 15.9 Å². The van der Waals surface area contributed by atoms with Crippen LogP contribution in [0.25, 0.3) is 5.69 Å². The van der Waals surface area contributed by atoms with Crippen molar-refractivity contribution in [3.05, 3.63) is 57.3 Å². The number of amides is 1. The van der Waals surface area contributed by atoms with Gasteiger partial charge in [-0.1, -0.05) is 15.9 Å². The Morgan fingerprint density at radius 2 is 1.89 bits per heavy atom. The average Bonchev–Trinajstić information content (AvgIpc) is 3.24. The van der Waals surface area contributed by atoms with E-state index < -0.39 is 0 Å². The monoisotopic (exact) mass is 442 g/mol. The van der Waals surface area contributed by atoms with E-state index in [1.165, 1.54) is 0 Å². The third-order valence-corrected chi connectivity index (χ3v) is 5.89. The van der Waals surface area contributed by atoms with Crippen LogP contribution in [0.15, 0.2) is 28.7 Å². The average molecular weight is 443 g/mol. The summed E-state index contributed by atoms with van der Waals surface area (Å²) < 4.78 is 4.86. The van der Waals surface area contributed by atoms with Gasteiger partial charge < -0.3 is 9.47 Å². The highest BCUT2D eigenvalue weighted by Gasteiger charge is 2.28. The SMILES string of the molecule is Cc1nnc(CN(C)C(=O)c2nn(-c3ccc(Br)cc3)c3c2CCCC3)n1C. The van der Waals surface area contributed by atoms with E-state index in [1.54, 1.807) is 11.9 Å². The fourth-order valence-corrected chi connectivity index (χ4v) is 3.88. The first kappa shape index (κ1) is 18.9. The van der Waals surface area contributed by atoms with E-state index in [4.69, 9.17) is 5.10 Å². The first-order chi connectivity index (χ1) is 13.5. The van der Waals surface area contributed by atoms with Crippen molar-refractivity contribution in [1.82, 2.24) is 29.4 Å². The fourth-order valence-electron chi connectivity index (χ4n) is 3.62. The van der Waals surface area contributed by atoms with Crippen molar-refractivity contribution in [2.45, 2.75) is 39.2 Å². The zero-order valence-electron chi connectivity index (χ0n) is 16.3. The van der Waals surface area contributed by atoms with Crippen molar-refractivity contribution in [2.24, 2.45) is 7.05 Å². The van der Waals surface area contributed by atoms with Gasteiger partial charge in [-0.2, -0.15) is 5.10 Å². The van der Waals surface area contributed by atoms with Gasteiger partial charge in [0.2, 0.25) is 0 Å². The summed E-state index contributed by atoms with van der Waals surface area (Å²) in [5, 5.41) is 13.0. The number of fused-ring (bicyclic) bond motifs is 1. The number of aromatic nitrogens is 5. The summed E-state index contributed by atoms with van der Waals surface area (Å²) in [6.07, 6.45) is 4.05. The molecule has 3 aromatic rings. The minimum Gasteiger partial charge on any atom is -0.333 e. The summed E-state index contributed by atoms with van der Waals surface area (Å²) >= 11 is 3.48. The molecule has 1 aliphatic carbocycles. The molecule has 0 aliphatic heterocycles. The van der Waals surface area contributed by atoms with E-state index in [1.807, 2.05) is 47.5 Å². The van der Waals surface area contributed by atoms with Gasteiger partial charge in [-0.15, -0.1) is 10.2 Å². The second-order valence-corrected chi connectivity index (χ2v) is 8.17. The number of carbonyl (C=O) groups excluding carboxylic acids is 1. The summed E-state index contributed by atoms with van der Waals surface area (Å²) in [6.45, 7) is 2.30. The maximum atomic E-state index is 13.2. The molecule has 1 aromatic carbocycles. The zero-order valence-corrected chi connectivity index (χ0v) is 17.9. The van der Waals surface area contributed by atoms with Crippen molar-refractivity contribution < 1.29 is 4.79 Å². The smallest absolute Gasteiger partial charge is 0.274 e. The molecule has 28 heavy (non-hydrogen) atoms. The molecule has 146 valence electrons. The predicted molar refractivity (Wildman–Crippen MR) is 109 cm³/mol. The molecule has 7 nitrogen and oxygen atoms in total. The van der Waals surface area contributed by atoms with Gasteiger partial charge in [0, 0.05) is 29.8 Å². The van der Waals surface area contributed by atoms with Crippen LogP contribution in [0.5, 0.6) is 0 Å². The molecule has 4 rings (SSSR count). The Hall–Kier alpha value is -2.48. The third-order valence-electron chi connectivity index (χ3n) is 5.36. The van der Waals surface area contributed by atoms with Gasteiger partial charge >= 0.3 is 0 Å². The molecule has 2 aromatic heterocycles. The third kappa shape index (κ3) is 3.37. The Morgan fingerprint density at radius 3 is 2.57 bits per heavy atom. The maximum Gasteiger partial charge on any atom is 0.274 e. The van der Waals surface area contributed by atoms with Crippen LogP contribution in [-0.2, 0) is 26.4 Å². The number of hydrogen-bond donors (Lipinski definition) is 0. The minimum atomic E-state index is -0.0744. The van der Waals surface area contributed by atoms with Crippen LogP contribution in [0.4, 0.5) is 0 Å². The van der Waals surface area contributed by atoms with Gasteiger partial charge in [-0.25, -0.2) is 4.68 Å². The molecule has 0 unspecified atom stereocenters. The van der Waals surface area contributed by atoms with Gasteiger partial charge in [0.25, 0.3) is 5.91 Å². The number of benzene rings is 1. The van der Waals surface area contributed by atoms with Gasteiger partial charge in [0.05, 0.1) is 12.2 Å². The maximum absolute atomic E-state index is 13.2. The summed E-state index contributed by atoms with van der Waals surface area (Å²) in [5.41, 5.74) is 3.77. The minimum absolute atomic E-state index is 0.0744. The lowest BCUT2D eigenvalue weighted by Gasteiger charge is -2.17. The van der Waals surface area contributed by atoms with Crippen molar-refractivity contribution in [3.63, 3.8) is 0 Å². The van der Waals surface area contributed by atoms with E-state index in [-0.39, 0.29) is 5.91 Å². The van der Waals surface area contributed by atoms with E-state index in [0.29, 0.717) is 12.2 Å². The van der Waals surface area contributed by atoms with Crippen LogP contribution in [0.2, 0.25) is 0 Å². The van der Waals surface area contributed by atoms with Crippen molar-refractivity contribution in [1.29, 1.82) is 0 Å². The molecule has 2 heterocycles. The molecule has 0 spiro atoms. The molecule has 0 saturated heterocycles. The first-order valence-electron chi connectivity index (χ1n) is 9.42.